The van der Waals surface area contributed by atoms with Crippen LogP contribution in [0.1, 0.15) is 18.4 Å². The van der Waals surface area contributed by atoms with Crippen LogP contribution in [0.3, 0.4) is 0 Å². The Labute approximate surface area is 124 Å². The van der Waals surface area contributed by atoms with Crippen molar-refractivity contribution < 1.29 is 0 Å². The molecule has 1 saturated heterocycles. The van der Waals surface area contributed by atoms with Crippen LogP contribution in [0.4, 0.5) is 0 Å². The fraction of sp³-hybridized carbons (Fsp3) is 0.412. The lowest BCUT2D eigenvalue weighted by Crippen LogP contribution is -2.31. The first kappa shape index (κ1) is 13.6. The number of nitrogens with zero attached hydrogens (tertiary/aromatic N) is 1. The number of H-pyrrole nitrogens is 1. The molecule has 0 unspecified atom stereocenters. The second-order valence-corrected chi connectivity index (χ2v) is 6.28. The molecule has 1 aromatic carbocycles. The summed E-state index contributed by atoms with van der Waals surface area (Å²) in [6, 6.07) is 7.25. The zero-order valence-corrected chi connectivity index (χ0v) is 12.7. The van der Waals surface area contributed by atoms with Crippen LogP contribution >= 0.6 is 11.8 Å². The Morgan fingerprint density at radius 1 is 1.50 bits per heavy atom. The molecule has 1 atom stereocenters. The number of hydrogen-bond acceptors (Lipinski definition) is 2. The largest absolute Gasteiger partial charge is 0.361 e. The van der Waals surface area contributed by atoms with Crippen LogP contribution in [0.5, 0.6) is 0 Å². The molecule has 0 bridgehead atoms. The number of hydrogen-bond donors (Lipinski definition) is 1. The summed E-state index contributed by atoms with van der Waals surface area (Å²) in [6.07, 6.45) is 13.4. The second kappa shape index (κ2) is 5.95. The Balaban J connectivity index is 1.85. The van der Waals surface area contributed by atoms with Crippen molar-refractivity contribution in [2.24, 2.45) is 0 Å². The molecular weight excluding hydrogens is 264 g/mol. The van der Waals surface area contributed by atoms with Gasteiger partial charge in [-0.05, 0) is 55.8 Å². The lowest BCUT2D eigenvalue weighted by Gasteiger charge is -2.21. The maximum atomic E-state index is 5.47. The monoisotopic (exact) mass is 284 g/mol. The number of rotatable bonds is 4. The summed E-state index contributed by atoms with van der Waals surface area (Å²) in [4.78, 5) is 7.16. The van der Waals surface area contributed by atoms with E-state index in [9.17, 15) is 0 Å². The van der Waals surface area contributed by atoms with E-state index in [1.54, 1.807) is 11.8 Å². The predicted octanol–water partition coefficient (Wildman–Crippen LogP) is 3.53. The summed E-state index contributed by atoms with van der Waals surface area (Å²) < 4.78 is 0. The molecule has 1 aliphatic heterocycles. The van der Waals surface area contributed by atoms with E-state index in [2.05, 4.69) is 46.5 Å². The van der Waals surface area contributed by atoms with Crippen molar-refractivity contribution in [2.45, 2.75) is 30.2 Å². The first-order chi connectivity index (χ1) is 9.81. The average molecular weight is 284 g/mol. The van der Waals surface area contributed by atoms with Gasteiger partial charge in [0, 0.05) is 28.0 Å². The Morgan fingerprint density at radius 3 is 3.20 bits per heavy atom. The summed E-state index contributed by atoms with van der Waals surface area (Å²) in [7, 11) is 0. The summed E-state index contributed by atoms with van der Waals surface area (Å²) in [5.41, 5.74) is 2.66. The first-order valence-corrected chi connectivity index (χ1v) is 8.36. The highest BCUT2D eigenvalue weighted by Crippen LogP contribution is 2.28. The van der Waals surface area contributed by atoms with Crippen molar-refractivity contribution in [3.05, 3.63) is 30.0 Å². The van der Waals surface area contributed by atoms with Crippen LogP contribution < -0.4 is 0 Å². The van der Waals surface area contributed by atoms with E-state index in [4.69, 9.17) is 6.42 Å². The lowest BCUT2D eigenvalue weighted by atomic mass is 10.0. The van der Waals surface area contributed by atoms with E-state index >= 15 is 0 Å². The van der Waals surface area contributed by atoms with Crippen molar-refractivity contribution in [3.63, 3.8) is 0 Å². The van der Waals surface area contributed by atoms with E-state index in [0.29, 0.717) is 6.04 Å². The minimum Gasteiger partial charge on any atom is -0.361 e. The van der Waals surface area contributed by atoms with Crippen LogP contribution in [0, 0.1) is 12.3 Å². The van der Waals surface area contributed by atoms with Crippen molar-refractivity contribution >= 4 is 22.7 Å². The molecule has 1 aromatic heterocycles. The smallest absolute Gasteiger partial charge is 0.0601 e. The molecular formula is C17H20N2S. The molecule has 0 amide bonds. The Hall–Kier alpha value is -1.37. The van der Waals surface area contributed by atoms with Gasteiger partial charge in [0.15, 0.2) is 0 Å². The van der Waals surface area contributed by atoms with Gasteiger partial charge in [0.05, 0.1) is 6.54 Å². The number of likely N-dealkylation sites (tertiary alicyclic amines) is 1. The standard InChI is InChI=1S/C17H20N2S/c1-3-8-19-9-4-5-14(19)10-13-12-18-17-7-6-15(20-2)11-16(13)17/h1,6-7,11-12,14,18H,4-5,8-10H2,2H3/t14-/m1/s1. The van der Waals surface area contributed by atoms with Gasteiger partial charge in [-0.2, -0.15) is 0 Å². The van der Waals surface area contributed by atoms with Gasteiger partial charge < -0.3 is 4.98 Å². The van der Waals surface area contributed by atoms with Crippen molar-refractivity contribution in [2.75, 3.05) is 19.3 Å². The number of benzene rings is 1. The highest BCUT2D eigenvalue weighted by molar-refractivity contribution is 7.98. The van der Waals surface area contributed by atoms with Gasteiger partial charge in [0.2, 0.25) is 0 Å². The van der Waals surface area contributed by atoms with Crippen molar-refractivity contribution in [1.29, 1.82) is 0 Å². The molecule has 1 aliphatic rings. The third kappa shape index (κ3) is 2.59. The summed E-state index contributed by atoms with van der Waals surface area (Å²) in [5, 5.41) is 1.37. The second-order valence-electron chi connectivity index (χ2n) is 5.40. The van der Waals surface area contributed by atoms with Crippen molar-refractivity contribution in [1.82, 2.24) is 9.88 Å². The normalized spacial score (nSPS) is 19.5. The van der Waals surface area contributed by atoms with Crippen LogP contribution in [-0.2, 0) is 6.42 Å². The minimum absolute atomic E-state index is 0.600. The molecule has 1 N–H and O–H groups in total. The van der Waals surface area contributed by atoms with Gasteiger partial charge >= 0.3 is 0 Å². The van der Waals surface area contributed by atoms with Gasteiger partial charge in [0.1, 0.15) is 0 Å². The van der Waals surface area contributed by atoms with Crippen LogP contribution in [0.25, 0.3) is 10.9 Å². The summed E-state index contributed by atoms with van der Waals surface area (Å²) in [5.74, 6) is 2.79. The number of aromatic amines is 1. The molecule has 3 rings (SSSR count). The van der Waals surface area contributed by atoms with Crippen LogP contribution in [0.2, 0.25) is 0 Å². The number of thioether (sulfide) groups is 1. The Bertz CT molecular complexity index is 638. The fourth-order valence-electron chi connectivity index (χ4n) is 3.16. The third-order valence-electron chi connectivity index (χ3n) is 4.22. The van der Waals surface area contributed by atoms with E-state index < -0.39 is 0 Å². The number of nitrogens with one attached hydrogen (secondary N) is 1. The zero-order valence-electron chi connectivity index (χ0n) is 11.9. The van der Waals surface area contributed by atoms with Crippen LogP contribution in [-0.4, -0.2) is 35.3 Å². The molecule has 2 heterocycles. The van der Waals surface area contributed by atoms with Gasteiger partial charge in [-0.25, -0.2) is 0 Å². The molecule has 20 heavy (non-hydrogen) atoms. The number of fused-ring (bicyclic) bond motifs is 1. The fourth-order valence-corrected chi connectivity index (χ4v) is 3.60. The van der Waals surface area contributed by atoms with E-state index in [0.717, 1.165) is 19.5 Å². The van der Waals surface area contributed by atoms with E-state index in [1.165, 1.54) is 34.2 Å². The maximum Gasteiger partial charge on any atom is 0.0601 e. The van der Waals surface area contributed by atoms with Gasteiger partial charge in [-0.1, -0.05) is 5.92 Å². The van der Waals surface area contributed by atoms with Gasteiger partial charge in [-0.3, -0.25) is 4.90 Å². The van der Waals surface area contributed by atoms with E-state index in [-0.39, 0.29) is 0 Å². The van der Waals surface area contributed by atoms with Gasteiger partial charge in [-0.15, -0.1) is 18.2 Å². The predicted molar refractivity (Wildman–Crippen MR) is 87.2 cm³/mol. The lowest BCUT2D eigenvalue weighted by molar-refractivity contribution is 0.284. The molecule has 3 heteroatoms. The van der Waals surface area contributed by atoms with E-state index in [1.807, 2.05) is 0 Å². The molecule has 0 spiro atoms. The molecule has 0 radical (unpaired) electrons. The SMILES string of the molecule is C#CCN1CCC[C@@H]1Cc1c[nH]c2ccc(SC)cc12. The number of aromatic nitrogens is 1. The first-order valence-electron chi connectivity index (χ1n) is 7.13. The van der Waals surface area contributed by atoms with Gasteiger partial charge in [0.25, 0.3) is 0 Å². The maximum absolute atomic E-state index is 5.47. The third-order valence-corrected chi connectivity index (χ3v) is 4.95. The zero-order chi connectivity index (χ0) is 13.9. The molecule has 0 aliphatic carbocycles. The highest BCUT2D eigenvalue weighted by atomic mass is 32.2. The minimum atomic E-state index is 0.600. The Kier molecular flexibility index (Phi) is 4.05. The molecule has 2 nitrogen and oxygen atoms in total. The number of terminal acetylenes is 1. The topological polar surface area (TPSA) is 19.0 Å². The molecule has 0 saturated carbocycles. The quantitative estimate of drug-likeness (QED) is 0.684. The van der Waals surface area contributed by atoms with Crippen LogP contribution in [0.15, 0.2) is 29.3 Å². The van der Waals surface area contributed by atoms with Crippen molar-refractivity contribution in [3.8, 4) is 12.3 Å². The average Bonchev–Trinajstić information content (AvgIpc) is 3.07. The Morgan fingerprint density at radius 2 is 2.40 bits per heavy atom. The summed E-state index contributed by atoms with van der Waals surface area (Å²) >= 11 is 1.80. The molecule has 2 aromatic rings. The molecule has 1 fully saturated rings. The molecule has 104 valence electrons. The summed E-state index contributed by atoms with van der Waals surface area (Å²) in [6.45, 7) is 1.93. The highest BCUT2D eigenvalue weighted by Gasteiger charge is 2.24.